The van der Waals surface area contributed by atoms with Crippen molar-refractivity contribution in [2.45, 2.75) is 25.9 Å². The molecule has 0 aliphatic carbocycles. The second kappa shape index (κ2) is 5.83. The van der Waals surface area contributed by atoms with Gasteiger partial charge in [-0.25, -0.2) is 4.98 Å². The van der Waals surface area contributed by atoms with Gasteiger partial charge in [-0.1, -0.05) is 0 Å². The fourth-order valence-corrected chi connectivity index (χ4v) is 3.23. The summed E-state index contributed by atoms with van der Waals surface area (Å²) in [6.07, 6.45) is 3.70. The molecular formula is C16H20N8O. The third kappa shape index (κ3) is 2.71. The molecule has 0 aromatic carbocycles. The van der Waals surface area contributed by atoms with E-state index in [1.54, 1.807) is 29.7 Å². The monoisotopic (exact) mass is 340 g/mol. The van der Waals surface area contributed by atoms with Crippen LogP contribution in [0.1, 0.15) is 23.9 Å². The van der Waals surface area contributed by atoms with Crippen LogP contribution in [0.5, 0.6) is 0 Å². The Kier molecular flexibility index (Phi) is 3.63. The molecule has 4 heterocycles. The van der Waals surface area contributed by atoms with Crippen molar-refractivity contribution in [3.8, 4) is 0 Å². The number of carbonyl (C=O) groups is 1. The molecule has 0 saturated carbocycles. The third-order valence-corrected chi connectivity index (χ3v) is 4.48. The minimum Gasteiger partial charge on any atom is -0.349 e. The van der Waals surface area contributed by atoms with Gasteiger partial charge in [0.2, 0.25) is 5.91 Å². The van der Waals surface area contributed by atoms with Crippen molar-refractivity contribution >= 4 is 17.5 Å². The lowest BCUT2D eigenvalue weighted by Crippen LogP contribution is -2.40. The van der Waals surface area contributed by atoms with Crippen LogP contribution in [0.4, 0.5) is 5.82 Å². The summed E-state index contributed by atoms with van der Waals surface area (Å²) in [5, 5.41) is 8.72. The summed E-state index contributed by atoms with van der Waals surface area (Å²) in [6, 6.07) is 3.96. The Hall–Kier alpha value is -2.97. The summed E-state index contributed by atoms with van der Waals surface area (Å²) in [5.41, 5.74) is 1.96. The van der Waals surface area contributed by atoms with Crippen LogP contribution in [0, 0.1) is 6.92 Å². The Morgan fingerprint density at radius 3 is 3.00 bits per heavy atom. The number of aryl methyl sites for hydroxylation is 1. The zero-order valence-electron chi connectivity index (χ0n) is 14.5. The second-order valence-electron chi connectivity index (χ2n) is 6.52. The summed E-state index contributed by atoms with van der Waals surface area (Å²) in [6.45, 7) is 3.32. The Labute approximate surface area is 144 Å². The van der Waals surface area contributed by atoms with E-state index in [1.807, 2.05) is 23.7 Å². The minimum atomic E-state index is -0.0271. The van der Waals surface area contributed by atoms with E-state index in [1.165, 1.54) is 6.33 Å². The van der Waals surface area contributed by atoms with E-state index >= 15 is 0 Å². The van der Waals surface area contributed by atoms with Gasteiger partial charge in [-0.15, -0.1) is 0 Å². The fraction of sp³-hybridized carbons (Fsp3) is 0.438. The average Bonchev–Trinajstić information content (AvgIpc) is 3.22. The number of hydrogen-bond acceptors (Lipinski definition) is 6. The van der Waals surface area contributed by atoms with E-state index in [0.29, 0.717) is 25.3 Å². The zero-order valence-corrected chi connectivity index (χ0v) is 14.5. The summed E-state index contributed by atoms with van der Waals surface area (Å²) >= 11 is 0. The highest BCUT2D eigenvalue weighted by Gasteiger charge is 2.29. The fourth-order valence-electron chi connectivity index (χ4n) is 3.23. The van der Waals surface area contributed by atoms with Crippen molar-refractivity contribution in [2.24, 2.45) is 0 Å². The van der Waals surface area contributed by atoms with Gasteiger partial charge in [-0.2, -0.15) is 19.7 Å². The normalized spacial score (nSPS) is 16.9. The maximum Gasteiger partial charge on any atom is 0.254 e. The first-order valence-corrected chi connectivity index (χ1v) is 8.18. The van der Waals surface area contributed by atoms with Gasteiger partial charge in [0.05, 0.1) is 24.7 Å². The number of aromatic nitrogens is 6. The molecule has 9 nitrogen and oxygen atoms in total. The van der Waals surface area contributed by atoms with E-state index in [0.717, 1.165) is 17.2 Å². The molecule has 1 aliphatic rings. The van der Waals surface area contributed by atoms with Crippen LogP contribution < -0.4 is 4.90 Å². The molecule has 0 N–H and O–H groups in total. The number of anilines is 1. The predicted molar refractivity (Wildman–Crippen MR) is 91.1 cm³/mol. The molecule has 1 amide bonds. The van der Waals surface area contributed by atoms with Gasteiger partial charge < -0.3 is 9.80 Å². The molecular weight excluding hydrogens is 320 g/mol. The molecule has 3 aromatic rings. The van der Waals surface area contributed by atoms with E-state index in [4.69, 9.17) is 0 Å². The lowest BCUT2D eigenvalue weighted by atomic mass is 10.1. The average molecular weight is 340 g/mol. The van der Waals surface area contributed by atoms with Gasteiger partial charge in [0.25, 0.3) is 5.78 Å². The first-order chi connectivity index (χ1) is 12.0. The third-order valence-electron chi connectivity index (χ3n) is 4.48. The van der Waals surface area contributed by atoms with Crippen LogP contribution in [0.25, 0.3) is 5.78 Å². The van der Waals surface area contributed by atoms with Gasteiger partial charge in [-0.3, -0.25) is 9.48 Å². The predicted octanol–water partition coefficient (Wildman–Crippen LogP) is 0.669. The SMILES string of the molecule is Cc1cc(N2Cc3ccnn3[C@@H](CC(=O)N(C)C)C2)n2ncnc2n1. The largest absolute Gasteiger partial charge is 0.349 e. The van der Waals surface area contributed by atoms with Crippen LogP contribution in [0.3, 0.4) is 0 Å². The number of carbonyl (C=O) groups excluding carboxylic acids is 1. The highest BCUT2D eigenvalue weighted by atomic mass is 16.2. The van der Waals surface area contributed by atoms with E-state index in [2.05, 4.69) is 25.1 Å². The van der Waals surface area contributed by atoms with Crippen molar-refractivity contribution in [1.29, 1.82) is 0 Å². The number of rotatable bonds is 3. The molecule has 0 saturated heterocycles. The van der Waals surface area contributed by atoms with Crippen LogP contribution >= 0.6 is 0 Å². The smallest absolute Gasteiger partial charge is 0.254 e. The lowest BCUT2D eigenvalue weighted by Gasteiger charge is -2.35. The Morgan fingerprint density at radius 1 is 1.36 bits per heavy atom. The van der Waals surface area contributed by atoms with Crippen LogP contribution in [-0.2, 0) is 11.3 Å². The van der Waals surface area contributed by atoms with Crippen molar-refractivity contribution in [3.05, 3.63) is 36.0 Å². The standard InChI is InChI=1S/C16H20N8O/c1-11-6-14(24-16(20-11)17-10-19-24)22-8-12-4-5-18-23(12)13(9-22)7-15(25)21(2)3/h4-6,10,13H,7-9H2,1-3H3/t13-/m0/s1. The number of nitrogens with zero attached hydrogens (tertiary/aromatic N) is 8. The number of fused-ring (bicyclic) bond motifs is 2. The first-order valence-electron chi connectivity index (χ1n) is 8.18. The van der Waals surface area contributed by atoms with E-state index in [9.17, 15) is 4.79 Å². The molecule has 0 radical (unpaired) electrons. The maximum atomic E-state index is 12.2. The summed E-state index contributed by atoms with van der Waals surface area (Å²) in [7, 11) is 3.55. The van der Waals surface area contributed by atoms with E-state index in [-0.39, 0.29) is 11.9 Å². The summed E-state index contributed by atoms with van der Waals surface area (Å²) in [4.78, 5) is 24.7. The van der Waals surface area contributed by atoms with Gasteiger partial charge >= 0.3 is 0 Å². The van der Waals surface area contributed by atoms with E-state index < -0.39 is 0 Å². The van der Waals surface area contributed by atoms with Gasteiger partial charge in [0.15, 0.2) is 0 Å². The van der Waals surface area contributed by atoms with Crippen LogP contribution in [-0.4, -0.2) is 60.8 Å². The van der Waals surface area contributed by atoms with Crippen LogP contribution in [0.2, 0.25) is 0 Å². The van der Waals surface area contributed by atoms with Crippen molar-refractivity contribution in [1.82, 2.24) is 34.3 Å². The molecule has 25 heavy (non-hydrogen) atoms. The minimum absolute atomic E-state index is 0.0271. The maximum absolute atomic E-state index is 12.2. The first kappa shape index (κ1) is 15.6. The van der Waals surface area contributed by atoms with Crippen molar-refractivity contribution < 1.29 is 4.79 Å². The molecule has 130 valence electrons. The lowest BCUT2D eigenvalue weighted by molar-refractivity contribution is -0.129. The molecule has 0 bridgehead atoms. The molecule has 9 heteroatoms. The van der Waals surface area contributed by atoms with Gasteiger partial charge in [0.1, 0.15) is 12.1 Å². The second-order valence-corrected chi connectivity index (χ2v) is 6.52. The molecule has 0 fully saturated rings. The van der Waals surface area contributed by atoms with Crippen molar-refractivity contribution in [2.75, 3.05) is 25.5 Å². The number of hydrogen-bond donors (Lipinski definition) is 0. The Morgan fingerprint density at radius 2 is 2.20 bits per heavy atom. The molecule has 0 unspecified atom stereocenters. The van der Waals surface area contributed by atoms with Gasteiger partial charge in [-0.05, 0) is 13.0 Å². The molecule has 3 aromatic heterocycles. The topological polar surface area (TPSA) is 84.5 Å². The summed E-state index contributed by atoms with van der Waals surface area (Å²) in [5.74, 6) is 1.59. The number of amides is 1. The Bertz CT molecular complexity index is 927. The summed E-state index contributed by atoms with van der Waals surface area (Å²) < 4.78 is 3.70. The molecule has 0 spiro atoms. The highest BCUT2D eigenvalue weighted by Crippen LogP contribution is 2.28. The van der Waals surface area contributed by atoms with Gasteiger partial charge in [0, 0.05) is 38.6 Å². The molecule has 1 aliphatic heterocycles. The quantitative estimate of drug-likeness (QED) is 0.697. The molecule has 4 rings (SSSR count). The van der Waals surface area contributed by atoms with Crippen LogP contribution in [0.15, 0.2) is 24.7 Å². The zero-order chi connectivity index (χ0) is 17.6. The Balaban J connectivity index is 1.72. The highest BCUT2D eigenvalue weighted by molar-refractivity contribution is 5.76. The van der Waals surface area contributed by atoms with Crippen molar-refractivity contribution in [3.63, 3.8) is 0 Å². The molecule has 1 atom stereocenters.